The fraction of sp³-hybridized carbons (Fsp3) is 0.786. The minimum absolute atomic E-state index is 0.161. The molecule has 9 heteroatoms. The van der Waals surface area contributed by atoms with Crippen molar-refractivity contribution in [1.29, 1.82) is 0 Å². The van der Waals surface area contributed by atoms with Crippen LogP contribution in [0, 0.1) is 11.7 Å². The van der Waals surface area contributed by atoms with E-state index >= 15 is 0 Å². The van der Waals surface area contributed by atoms with Gasteiger partial charge in [-0.2, -0.15) is 5.82 Å². The van der Waals surface area contributed by atoms with E-state index in [9.17, 15) is 4.79 Å². The first-order valence-electron chi connectivity index (χ1n) is 7.61. The number of amides is 1. The maximum atomic E-state index is 11.3. The second kappa shape index (κ2) is 15.1. The SMILES string of the molecule is C[B][B]C#CCNC(=O)OCCOCSSC(C)(C)CNCC. The Morgan fingerprint density at radius 3 is 2.83 bits per heavy atom. The molecule has 0 unspecified atom stereocenters. The summed E-state index contributed by atoms with van der Waals surface area (Å²) in [5.74, 6) is 6.11. The zero-order valence-corrected chi connectivity index (χ0v) is 16.1. The van der Waals surface area contributed by atoms with E-state index in [1.807, 2.05) is 14.0 Å². The molecule has 23 heavy (non-hydrogen) atoms. The average molecular weight is 356 g/mol. The molecule has 0 bridgehead atoms. The lowest BCUT2D eigenvalue weighted by atomic mass is 9.42. The van der Waals surface area contributed by atoms with Crippen molar-refractivity contribution < 1.29 is 14.3 Å². The summed E-state index contributed by atoms with van der Waals surface area (Å²) >= 11 is 0. The zero-order valence-electron chi connectivity index (χ0n) is 14.4. The van der Waals surface area contributed by atoms with Crippen LogP contribution in [-0.2, 0) is 9.47 Å². The molecule has 0 aliphatic heterocycles. The molecular weight excluding hydrogens is 330 g/mol. The van der Waals surface area contributed by atoms with E-state index in [0.29, 0.717) is 12.5 Å². The maximum absolute atomic E-state index is 11.3. The lowest BCUT2D eigenvalue weighted by Crippen LogP contribution is -2.31. The Bertz CT molecular complexity index is 377. The van der Waals surface area contributed by atoms with Gasteiger partial charge in [-0.3, -0.25) is 0 Å². The molecule has 0 aliphatic rings. The highest BCUT2D eigenvalue weighted by Gasteiger charge is 2.17. The molecule has 2 N–H and O–H groups in total. The molecule has 1 amide bonds. The molecule has 0 saturated heterocycles. The predicted molar refractivity (Wildman–Crippen MR) is 103 cm³/mol. The van der Waals surface area contributed by atoms with Crippen LogP contribution in [0.1, 0.15) is 20.8 Å². The third kappa shape index (κ3) is 16.2. The number of carbonyl (C=O) groups excluding carboxylic acids is 1. The van der Waals surface area contributed by atoms with Gasteiger partial charge in [-0.15, -0.1) is 0 Å². The van der Waals surface area contributed by atoms with Crippen molar-refractivity contribution in [3.63, 3.8) is 0 Å². The van der Waals surface area contributed by atoms with Gasteiger partial charge in [0.1, 0.15) is 12.5 Å². The zero-order chi connectivity index (χ0) is 17.4. The van der Waals surface area contributed by atoms with Gasteiger partial charge >= 0.3 is 6.09 Å². The van der Waals surface area contributed by atoms with E-state index in [1.165, 1.54) is 0 Å². The maximum Gasteiger partial charge on any atom is 0.407 e. The van der Waals surface area contributed by atoms with Gasteiger partial charge in [-0.1, -0.05) is 41.3 Å². The van der Waals surface area contributed by atoms with Crippen molar-refractivity contribution in [1.82, 2.24) is 10.6 Å². The van der Waals surface area contributed by atoms with Crippen LogP contribution in [0.25, 0.3) is 0 Å². The Morgan fingerprint density at radius 1 is 1.35 bits per heavy atom. The van der Waals surface area contributed by atoms with Crippen molar-refractivity contribution >= 4 is 42.0 Å². The van der Waals surface area contributed by atoms with Gasteiger partial charge in [0.05, 0.1) is 20.3 Å². The monoisotopic (exact) mass is 356 g/mol. The Balaban J connectivity index is 3.45. The first kappa shape index (κ1) is 22.6. The lowest BCUT2D eigenvalue weighted by molar-refractivity contribution is 0.0941. The molecule has 5 nitrogen and oxygen atoms in total. The molecule has 0 aromatic rings. The fourth-order valence-electron chi connectivity index (χ4n) is 1.29. The first-order valence-corrected chi connectivity index (χ1v) is 9.93. The highest BCUT2D eigenvalue weighted by molar-refractivity contribution is 8.77. The van der Waals surface area contributed by atoms with E-state index in [0.717, 1.165) is 13.1 Å². The van der Waals surface area contributed by atoms with Crippen LogP contribution in [0.3, 0.4) is 0 Å². The minimum atomic E-state index is -0.475. The topological polar surface area (TPSA) is 59.6 Å². The Kier molecular flexibility index (Phi) is 14.9. The molecule has 0 aliphatic carbocycles. The summed E-state index contributed by atoms with van der Waals surface area (Å²) < 4.78 is 10.5. The first-order chi connectivity index (χ1) is 11.0. The van der Waals surface area contributed by atoms with Gasteiger partial charge in [-0.05, 0) is 20.4 Å². The number of rotatable bonds is 12. The largest absolute Gasteiger partial charge is 0.447 e. The third-order valence-corrected chi connectivity index (χ3v) is 5.32. The molecule has 2 radical (unpaired) electrons. The summed E-state index contributed by atoms with van der Waals surface area (Å²) in [6, 6.07) is 0. The molecule has 0 aromatic heterocycles. The summed E-state index contributed by atoms with van der Waals surface area (Å²) in [5, 5.41) is 5.88. The molecule has 0 fully saturated rings. The Labute approximate surface area is 150 Å². The standard InChI is InChI=1S/C14H26B2N2O3S2/c1-5-17-11-14(2,3)23-22-12-20-9-10-21-13(19)18-8-6-7-16-15-4/h17H,5,8-12H2,1-4H3,(H,18,19). The molecule has 0 aromatic carbocycles. The van der Waals surface area contributed by atoms with Gasteiger partial charge in [0.25, 0.3) is 0 Å². The highest BCUT2D eigenvalue weighted by Crippen LogP contribution is 2.34. The molecular formula is C14H26B2N2O3S2. The number of ether oxygens (including phenoxy) is 2. The minimum Gasteiger partial charge on any atom is -0.447 e. The summed E-state index contributed by atoms with van der Waals surface area (Å²) in [5.41, 5.74) is 0. The number of nitrogens with one attached hydrogen (secondary N) is 2. The molecule has 0 spiro atoms. The number of hydrogen-bond acceptors (Lipinski definition) is 6. The van der Waals surface area contributed by atoms with Gasteiger partial charge < -0.3 is 20.1 Å². The summed E-state index contributed by atoms with van der Waals surface area (Å²) in [6.45, 7) is 11.2. The van der Waals surface area contributed by atoms with Crippen LogP contribution in [0.4, 0.5) is 4.79 Å². The van der Waals surface area contributed by atoms with E-state index in [4.69, 9.17) is 9.47 Å². The molecule has 0 heterocycles. The van der Waals surface area contributed by atoms with Crippen molar-refractivity contribution in [3.8, 4) is 11.7 Å². The fourth-order valence-corrected chi connectivity index (χ4v) is 3.48. The van der Waals surface area contributed by atoms with E-state index in [-0.39, 0.29) is 17.9 Å². The number of hydrogen-bond donors (Lipinski definition) is 2. The van der Waals surface area contributed by atoms with Crippen LogP contribution < -0.4 is 10.6 Å². The second-order valence-electron chi connectivity index (χ2n) is 5.08. The van der Waals surface area contributed by atoms with E-state index < -0.39 is 6.09 Å². The number of alkyl carbamates (subject to hydrolysis) is 1. The van der Waals surface area contributed by atoms with Gasteiger partial charge in [-0.25, -0.2) is 4.79 Å². The Morgan fingerprint density at radius 2 is 2.13 bits per heavy atom. The van der Waals surface area contributed by atoms with E-state index in [1.54, 1.807) is 28.8 Å². The highest BCUT2D eigenvalue weighted by atomic mass is 33.1. The Hall–Kier alpha value is -0.420. The molecule has 0 rings (SSSR count). The van der Waals surface area contributed by atoms with Crippen LogP contribution in [0.2, 0.25) is 6.82 Å². The van der Waals surface area contributed by atoms with Crippen LogP contribution in [-0.4, -0.2) is 64.0 Å². The smallest absolute Gasteiger partial charge is 0.407 e. The van der Waals surface area contributed by atoms with Gasteiger partial charge in [0, 0.05) is 11.3 Å². The summed E-state index contributed by atoms with van der Waals surface area (Å²) in [6.07, 6.45) is -0.475. The van der Waals surface area contributed by atoms with Crippen molar-refractivity contribution in [3.05, 3.63) is 0 Å². The van der Waals surface area contributed by atoms with Gasteiger partial charge in [0.15, 0.2) is 7.17 Å². The average Bonchev–Trinajstić information content (AvgIpc) is 2.52. The van der Waals surface area contributed by atoms with Gasteiger partial charge in [0.2, 0.25) is 0 Å². The molecule has 0 saturated carbocycles. The van der Waals surface area contributed by atoms with Crippen molar-refractivity contribution in [2.75, 3.05) is 38.8 Å². The second-order valence-corrected chi connectivity index (χ2v) is 8.03. The predicted octanol–water partition coefficient (Wildman–Crippen LogP) is 1.79. The number of carbonyl (C=O) groups is 1. The summed E-state index contributed by atoms with van der Waals surface area (Å²) in [4.78, 5) is 11.3. The lowest BCUT2D eigenvalue weighted by Gasteiger charge is -2.23. The molecule has 0 atom stereocenters. The van der Waals surface area contributed by atoms with Crippen molar-refractivity contribution in [2.24, 2.45) is 0 Å². The van der Waals surface area contributed by atoms with Crippen LogP contribution in [0.5, 0.6) is 0 Å². The third-order valence-electron chi connectivity index (χ3n) is 2.35. The van der Waals surface area contributed by atoms with Crippen LogP contribution in [0.15, 0.2) is 0 Å². The normalized spacial score (nSPS) is 10.4. The quantitative estimate of drug-likeness (QED) is 0.183. The van der Waals surface area contributed by atoms with E-state index in [2.05, 4.69) is 43.1 Å². The van der Waals surface area contributed by atoms with Crippen LogP contribution >= 0.6 is 21.6 Å². The van der Waals surface area contributed by atoms with Crippen molar-refractivity contribution in [2.45, 2.75) is 32.3 Å². The summed E-state index contributed by atoms with van der Waals surface area (Å²) in [7, 11) is 7.01. The molecule has 128 valence electrons.